The summed E-state index contributed by atoms with van der Waals surface area (Å²) in [5.41, 5.74) is -0.322. The first-order chi connectivity index (χ1) is 19.2. The van der Waals surface area contributed by atoms with Gasteiger partial charge in [0.25, 0.3) is 0 Å². The van der Waals surface area contributed by atoms with Crippen LogP contribution in [0.15, 0.2) is 0 Å². The third-order valence-corrected chi connectivity index (χ3v) is 14.9. The van der Waals surface area contributed by atoms with Gasteiger partial charge in [0.1, 0.15) is 0 Å². The molecule has 17 unspecified atom stereocenters. The minimum atomic E-state index is -0.565. The Morgan fingerprint density at radius 1 is 0.902 bits per heavy atom. The van der Waals surface area contributed by atoms with Crippen molar-refractivity contribution in [3.8, 4) is 0 Å². The van der Waals surface area contributed by atoms with E-state index < -0.39 is 12.2 Å². The van der Waals surface area contributed by atoms with Crippen LogP contribution in [0, 0.1) is 75.4 Å². The van der Waals surface area contributed by atoms with Crippen LogP contribution >= 0.6 is 0 Å². The monoisotopic (exact) mass is 576 g/mol. The zero-order chi connectivity index (χ0) is 30.1. The van der Waals surface area contributed by atoms with Crippen molar-refractivity contribution in [2.24, 2.45) is 75.4 Å². The summed E-state index contributed by atoms with van der Waals surface area (Å²) in [6.45, 7) is 16.5. The third-order valence-electron chi connectivity index (χ3n) is 14.9. The van der Waals surface area contributed by atoms with Gasteiger partial charge < -0.3 is 25.2 Å². The van der Waals surface area contributed by atoms with E-state index in [0.29, 0.717) is 42.1 Å². The predicted octanol–water partition coefficient (Wildman–Crippen LogP) is 6.31. The number of aliphatic hydroxyl groups is 4. The summed E-state index contributed by atoms with van der Waals surface area (Å²) >= 11 is 0. The smallest absolute Gasteiger partial charge is 0.0776 e. The van der Waals surface area contributed by atoms with Gasteiger partial charge in [-0.1, -0.05) is 67.2 Å². The first-order valence-electron chi connectivity index (χ1n) is 17.4. The second-order valence-corrected chi connectivity index (χ2v) is 17.2. The van der Waals surface area contributed by atoms with Crippen molar-refractivity contribution < 1.29 is 25.2 Å². The summed E-state index contributed by atoms with van der Waals surface area (Å²) < 4.78 is 5.23. The van der Waals surface area contributed by atoms with E-state index in [-0.39, 0.29) is 52.1 Å². The Bertz CT molecular complexity index is 908. The molecule has 5 rings (SSSR count). The summed E-state index contributed by atoms with van der Waals surface area (Å²) in [5, 5.41) is 45.7. The summed E-state index contributed by atoms with van der Waals surface area (Å²) in [4.78, 5) is 0. The minimum Gasteiger partial charge on any atom is -0.393 e. The Labute approximate surface area is 251 Å². The van der Waals surface area contributed by atoms with E-state index >= 15 is 0 Å². The predicted molar refractivity (Wildman–Crippen MR) is 164 cm³/mol. The highest BCUT2D eigenvalue weighted by Crippen LogP contribution is 2.73. The molecule has 41 heavy (non-hydrogen) atoms. The molecule has 0 aromatic heterocycles. The van der Waals surface area contributed by atoms with Gasteiger partial charge in [-0.15, -0.1) is 0 Å². The zero-order valence-corrected chi connectivity index (χ0v) is 27.6. The molecular formula is C36H64O5. The normalized spacial score (nSPS) is 55.3. The molecule has 238 valence electrons. The molecule has 0 spiro atoms. The van der Waals surface area contributed by atoms with E-state index in [9.17, 15) is 20.4 Å². The third kappa shape index (κ3) is 5.18. The van der Waals surface area contributed by atoms with Crippen molar-refractivity contribution in [3.05, 3.63) is 0 Å². The Morgan fingerprint density at radius 3 is 2.27 bits per heavy atom. The van der Waals surface area contributed by atoms with Crippen LogP contribution in [0.4, 0.5) is 0 Å². The van der Waals surface area contributed by atoms with E-state index in [0.717, 1.165) is 19.3 Å². The second kappa shape index (κ2) is 11.6. The molecule has 0 saturated heterocycles. The van der Waals surface area contributed by atoms with Gasteiger partial charge in [-0.05, 0) is 110 Å². The molecule has 5 aliphatic rings. The van der Waals surface area contributed by atoms with Gasteiger partial charge in [0.05, 0.1) is 31.0 Å². The highest BCUT2D eigenvalue weighted by molar-refractivity contribution is 5.18. The van der Waals surface area contributed by atoms with Crippen molar-refractivity contribution in [2.75, 3.05) is 13.7 Å². The van der Waals surface area contributed by atoms with E-state index in [1.807, 2.05) is 6.92 Å². The highest BCUT2D eigenvalue weighted by Gasteiger charge is 2.70. The minimum absolute atomic E-state index is 0.0301. The van der Waals surface area contributed by atoms with E-state index in [1.165, 1.54) is 44.9 Å². The lowest BCUT2D eigenvalue weighted by molar-refractivity contribution is -0.280. The van der Waals surface area contributed by atoms with Crippen molar-refractivity contribution in [1.29, 1.82) is 0 Å². The molecule has 17 atom stereocenters. The molecule has 0 aromatic rings. The number of aliphatic hydroxyl groups excluding tert-OH is 4. The average Bonchev–Trinajstić information content (AvgIpc) is 2.86. The maximum Gasteiger partial charge on any atom is 0.0776 e. The molecule has 0 amide bonds. The fraction of sp³-hybridized carbons (Fsp3) is 1.00. The van der Waals surface area contributed by atoms with Crippen molar-refractivity contribution in [2.45, 2.75) is 137 Å². The molecule has 5 saturated carbocycles. The maximum atomic E-state index is 12.5. The molecule has 5 aliphatic carbocycles. The van der Waals surface area contributed by atoms with Gasteiger partial charge in [-0.2, -0.15) is 0 Å². The summed E-state index contributed by atoms with van der Waals surface area (Å²) in [5.74, 6) is 3.85. The van der Waals surface area contributed by atoms with Crippen LogP contribution in [0.2, 0.25) is 0 Å². The molecule has 4 N–H and O–H groups in total. The SMILES string of the molecule is COCC(O)CC1CCCC(C2CCC(C)C3C(O)C4C(C)C5(C)C(O)C(C(C)O)C(C)CC5(C)CC4(C)CC23)C1. The zero-order valence-electron chi connectivity index (χ0n) is 27.6. The van der Waals surface area contributed by atoms with Crippen LogP contribution in [-0.2, 0) is 4.74 Å². The Hall–Kier alpha value is -0.200. The molecule has 0 radical (unpaired) electrons. The second-order valence-electron chi connectivity index (χ2n) is 17.2. The van der Waals surface area contributed by atoms with Crippen LogP contribution in [-0.4, -0.2) is 58.6 Å². The van der Waals surface area contributed by atoms with Gasteiger partial charge in [0, 0.05) is 18.4 Å². The van der Waals surface area contributed by atoms with Crippen LogP contribution in [0.3, 0.4) is 0 Å². The Morgan fingerprint density at radius 2 is 1.61 bits per heavy atom. The number of rotatable bonds is 6. The molecule has 0 heterocycles. The summed E-state index contributed by atoms with van der Waals surface area (Å²) in [7, 11) is 1.67. The number of hydrogen-bond donors (Lipinski definition) is 4. The van der Waals surface area contributed by atoms with Crippen LogP contribution in [0.1, 0.15) is 113 Å². The van der Waals surface area contributed by atoms with Crippen LogP contribution < -0.4 is 0 Å². The summed E-state index contributed by atoms with van der Waals surface area (Å²) in [6, 6.07) is 0. The molecule has 5 heteroatoms. The topological polar surface area (TPSA) is 90.2 Å². The largest absolute Gasteiger partial charge is 0.393 e. The molecular weight excluding hydrogens is 512 g/mol. The van der Waals surface area contributed by atoms with Crippen molar-refractivity contribution >= 4 is 0 Å². The molecule has 0 aliphatic heterocycles. The maximum absolute atomic E-state index is 12.5. The number of fused-ring (bicyclic) bond motifs is 3. The van der Waals surface area contributed by atoms with Gasteiger partial charge in [-0.25, -0.2) is 0 Å². The first kappa shape index (κ1) is 32.2. The number of methoxy groups -OCH3 is 1. The van der Waals surface area contributed by atoms with Gasteiger partial charge in [0.15, 0.2) is 0 Å². The van der Waals surface area contributed by atoms with Gasteiger partial charge >= 0.3 is 0 Å². The highest BCUT2D eigenvalue weighted by atomic mass is 16.5. The fourth-order valence-electron chi connectivity index (χ4n) is 13.2. The standard InChI is InChI=1S/C36H64O5/c1-20-12-13-27(25-11-9-10-24(14-25)15-26(38)18-41-8)28-17-34(5)19-35(6)16-21(2)29(23(4)37)33(40)36(35,7)22(3)31(34)32(39)30(20)28/h20-33,37-40H,9-19H2,1-8H3. The average molecular weight is 577 g/mol. The fourth-order valence-corrected chi connectivity index (χ4v) is 13.2. The molecule has 5 nitrogen and oxygen atoms in total. The van der Waals surface area contributed by atoms with E-state index in [2.05, 4.69) is 41.5 Å². The first-order valence-corrected chi connectivity index (χ1v) is 17.4. The molecule has 5 fully saturated rings. The number of hydrogen-bond acceptors (Lipinski definition) is 5. The van der Waals surface area contributed by atoms with Crippen molar-refractivity contribution in [3.63, 3.8) is 0 Å². The summed E-state index contributed by atoms with van der Waals surface area (Å²) in [6.07, 6.45) is 9.81. The van der Waals surface area contributed by atoms with Gasteiger partial charge in [-0.3, -0.25) is 0 Å². The van der Waals surface area contributed by atoms with E-state index in [4.69, 9.17) is 4.74 Å². The van der Waals surface area contributed by atoms with Gasteiger partial charge in [0.2, 0.25) is 0 Å². The van der Waals surface area contributed by atoms with Crippen molar-refractivity contribution in [1.82, 2.24) is 0 Å². The van der Waals surface area contributed by atoms with Crippen LogP contribution in [0.25, 0.3) is 0 Å². The molecule has 0 aromatic carbocycles. The lowest BCUT2D eigenvalue weighted by atomic mass is 9.34. The number of ether oxygens (including phenoxy) is 1. The Kier molecular flexibility index (Phi) is 9.13. The molecule has 0 bridgehead atoms. The quantitative estimate of drug-likeness (QED) is 0.298. The van der Waals surface area contributed by atoms with Crippen LogP contribution in [0.5, 0.6) is 0 Å². The van der Waals surface area contributed by atoms with E-state index in [1.54, 1.807) is 7.11 Å². The Balaban J connectivity index is 1.44. The lowest BCUT2D eigenvalue weighted by Gasteiger charge is -2.72. The lowest BCUT2D eigenvalue weighted by Crippen LogP contribution is -2.70.